The van der Waals surface area contributed by atoms with E-state index in [1.807, 2.05) is 23.7 Å². The number of hydrogen-bond donors (Lipinski definition) is 1. The van der Waals surface area contributed by atoms with Gasteiger partial charge in [0, 0.05) is 27.2 Å². The highest BCUT2D eigenvalue weighted by Crippen LogP contribution is 2.29. The summed E-state index contributed by atoms with van der Waals surface area (Å²) in [6.45, 7) is 1.34. The van der Waals surface area contributed by atoms with Crippen LogP contribution in [0.2, 0.25) is 0 Å². The van der Waals surface area contributed by atoms with Crippen LogP contribution < -0.4 is 5.32 Å². The monoisotopic (exact) mass is 475 g/mol. The molecule has 0 aliphatic carbocycles. The summed E-state index contributed by atoms with van der Waals surface area (Å²) in [5.74, 6) is 1.89. The van der Waals surface area contributed by atoms with Crippen LogP contribution in [0.4, 0.5) is 13.2 Å². The van der Waals surface area contributed by atoms with Crippen molar-refractivity contribution < 1.29 is 13.2 Å². The lowest BCUT2D eigenvalue weighted by Crippen LogP contribution is -2.38. The summed E-state index contributed by atoms with van der Waals surface area (Å²) >= 11 is 1.83. The predicted molar refractivity (Wildman–Crippen MR) is 107 cm³/mol. The van der Waals surface area contributed by atoms with Gasteiger partial charge < -0.3 is 10.2 Å². The SMILES string of the molecule is CN=C(NCCCCSC)N(C)Cc1ccc(C(F)(F)F)cc1.I. The molecule has 0 fully saturated rings. The van der Waals surface area contributed by atoms with Crippen LogP contribution in [0.15, 0.2) is 29.3 Å². The summed E-state index contributed by atoms with van der Waals surface area (Å²) < 4.78 is 37.7. The summed E-state index contributed by atoms with van der Waals surface area (Å²) in [5.41, 5.74) is 0.186. The van der Waals surface area contributed by atoms with E-state index in [4.69, 9.17) is 0 Å². The van der Waals surface area contributed by atoms with Crippen molar-refractivity contribution in [3.63, 3.8) is 0 Å². The summed E-state index contributed by atoms with van der Waals surface area (Å²) in [4.78, 5) is 6.10. The Morgan fingerprint density at radius 3 is 2.33 bits per heavy atom. The quantitative estimate of drug-likeness (QED) is 0.273. The van der Waals surface area contributed by atoms with Gasteiger partial charge >= 0.3 is 6.18 Å². The number of unbranched alkanes of at least 4 members (excludes halogenated alkanes) is 1. The van der Waals surface area contributed by atoms with Gasteiger partial charge in [-0.15, -0.1) is 24.0 Å². The van der Waals surface area contributed by atoms with E-state index in [2.05, 4.69) is 16.6 Å². The molecule has 3 nitrogen and oxygen atoms in total. The third-order valence-corrected chi connectivity index (χ3v) is 4.03. The van der Waals surface area contributed by atoms with Crippen molar-refractivity contribution in [2.75, 3.05) is 32.6 Å². The Kier molecular flexibility index (Phi) is 11.5. The number of benzene rings is 1. The van der Waals surface area contributed by atoms with Gasteiger partial charge in [0.2, 0.25) is 0 Å². The van der Waals surface area contributed by atoms with Gasteiger partial charge in [0.25, 0.3) is 0 Å². The Morgan fingerprint density at radius 2 is 1.83 bits per heavy atom. The minimum atomic E-state index is -4.29. The molecule has 0 bridgehead atoms. The van der Waals surface area contributed by atoms with Crippen molar-refractivity contribution in [2.45, 2.75) is 25.6 Å². The van der Waals surface area contributed by atoms with E-state index < -0.39 is 11.7 Å². The van der Waals surface area contributed by atoms with Crippen molar-refractivity contribution in [1.82, 2.24) is 10.2 Å². The van der Waals surface area contributed by atoms with E-state index in [0.29, 0.717) is 6.54 Å². The molecule has 24 heavy (non-hydrogen) atoms. The first-order valence-corrected chi connectivity index (χ1v) is 8.84. The fraction of sp³-hybridized carbons (Fsp3) is 0.562. The van der Waals surface area contributed by atoms with Gasteiger partial charge in [-0.1, -0.05) is 12.1 Å². The maximum absolute atomic E-state index is 12.6. The molecule has 0 amide bonds. The second kappa shape index (κ2) is 11.8. The summed E-state index contributed by atoms with van der Waals surface area (Å²) in [6, 6.07) is 5.24. The predicted octanol–water partition coefficient (Wildman–Crippen LogP) is 4.47. The normalized spacial score (nSPS) is 11.8. The van der Waals surface area contributed by atoms with E-state index in [9.17, 15) is 13.2 Å². The first-order chi connectivity index (χ1) is 10.9. The largest absolute Gasteiger partial charge is 0.416 e. The molecule has 0 saturated carbocycles. The molecule has 0 aliphatic rings. The number of hydrogen-bond acceptors (Lipinski definition) is 2. The Balaban J connectivity index is 0.00000529. The minimum absolute atomic E-state index is 0. The lowest BCUT2D eigenvalue weighted by Gasteiger charge is -2.22. The Labute approximate surface area is 163 Å². The molecule has 0 heterocycles. The highest BCUT2D eigenvalue weighted by Gasteiger charge is 2.29. The molecule has 0 spiro atoms. The number of nitrogens with zero attached hydrogens (tertiary/aromatic N) is 2. The van der Waals surface area contributed by atoms with Gasteiger partial charge in [-0.05, 0) is 42.5 Å². The van der Waals surface area contributed by atoms with Crippen molar-refractivity contribution in [2.24, 2.45) is 4.99 Å². The van der Waals surface area contributed by atoms with Crippen LogP contribution in [0.5, 0.6) is 0 Å². The van der Waals surface area contributed by atoms with Gasteiger partial charge in [-0.3, -0.25) is 4.99 Å². The van der Waals surface area contributed by atoms with Gasteiger partial charge in [-0.2, -0.15) is 24.9 Å². The first-order valence-electron chi connectivity index (χ1n) is 7.45. The molecule has 0 aromatic heterocycles. The van der Waals surface area contributed by atoms with Crippen molar-refractivity contribution >= 4 is 41.7 Å². The summed E-state index contributed by atoms with van der Waals surface area (Å²) in [7, 11) is 3.57. The van der Waals surface area contributed by atoms with Crippen LogP contribution >= 0.6 is 35.7 Å². The molecule has 0 unspecified atom stereocenters. The maximum atomic E-state index is 12.6. The number of rotatable bonds is 7. The number of thioether (sulfide) groups is 1. The van der Waals surface area contributed by atoms with Gasteiger partial charge in [0.05, 0.1) is 5.56 Å². The summed E-state index contributed by atoms with van der Waals surface area (Å²) in [6.07, 6.45) is 0.00472. The third-order valence-electron chi connectivity index (χ3n) is 3.33. The molecule has 8 heteroatoms. The van der Waals surface area contributed by atoms with Crippen LogP contribution in [-0.4, -0.2) is 43.5 Å². The topological polar surface area (TPSA) is 27.6 Å². The van der Waals surface area contributed by atoms with Crippen LogP contribution in [-0.2, 0) is 12.7 Å². The Hall–Kier alpha value is -0.640. The van der Waals surface area contributed by atoms with E-state index in [0.717, 1.165) is 48.8 Å². The van der Waals surface area contributed by atoms with E-state index >= 15 is 0 Å². The number of nitrogens with one attached hydrogen (secondary N) is 1. The average Bonchev–Trinajstić information content (AvgIpc) is 2.50. The molecule has 0 radical (unpaired) electrons. The molecule has 1 aromatic carbocycles. The van der Waals surface area contributed by atoms with Gasteiger partial charge in [0.1, 0.15) is 0 Å². The van der Waals surface area contributed by atoms with Crippen LogP contribution in [0.1, 0.15) is 24.0 Å². The smallest absolute Gasteiger partial charge is 0.356 e. The third kappa shape index (κ3) is 8.46. The first kappa shape index (κ1) is 23.4. The minimum Gasteiger partial charge on any atom is -0.356 e. The number of aliphatic imine (C=N–C) groups is 1. The zero-order valence-corrected chi connectivity index (χ0v) is 17.3. The standard InChI is InChI=1S/C16H24F3N3S.HI/c1-20-15(21-10-4-5-11-23-3)22(2)12-13-6-8-14(9-7-13)16(17,18)19;/h6-9H,4-5,10-12H2,1-3H3,(H,20,21);1H. The number of alkyl halides is 3. The summed E-state index contributed by atoms with van der Waals surface area (Å²) in [5, 5.41) is 3.27. The van der Waals surface area contributed by atoms with Crippen molar-refractivity contribution in [3.05, 3.63) is 35.4 Å². The van der Waals surface area contributed by atoms with Gasteiger partial charge in [0.15, 0.2) is 5.96 Å². The average molecular weight is 475 g/mol. The van der Waals surface area contributed by atoms with E-state index in [1.54, 1.807) is 7.05 Å². The molecular weight excluding hydrogens is 450 g/mol. The molecule has 138 valence electrons. The van der Waals surface area contributed by atoms with E-state index in [-0.39, 0.29) is 24.0 Å². The maximum Gasteiger partial charge on any atom is 0.416 e. The molecule has 0 aliphatic heterocycles. The Bertz CT molecular complexity index is 492. The van der Waals surface area contributed by atoms with Crippen LogP contribution in [0.25, 0.3) is 0 Å². The number of halogens is 4. The second-order valence-corrected chi connectivity index (χ2v) is 6.21. The fourth-order valence-corrected chi connectivity index (χ4v) is 2.60. The molecule has 1 aromatic rings. The zero-order chi connectivity index (χ0) is 17.3. The lowest BCUT2D eigenvalue weighted by molar-refractivity contribution is -0.137. The number of guanidine groups is 1. The highest BCUT2D eigenvalue weighted by atomic mass is 127. The zero-order valence-electron chi connectivity index (χ0n) is 14.2. The van der Waals surface area contributed by atoms with Gasteiger partial charge in [-0.25, -0.2) is 0 Å². The Morgan fingerprint density at radius 1 is 1.21 bits per heavy atom. The second-order valence-electron chi connectivity index (χ2n) is 5.22. The molecule has 1 rings (SSSR count). The van der Waals surface area contributed by atoms with Crippen molar-refractivity contribution in [1.29, 1.82) is 0 Å². The fourth-order valence-electron chi connectivity index (χ4n) is 2.10. The molecule has 0 atom stereocenters. The lowest BCUT2D eigenvalue weighted by atomic mass is 10.1. The van der Waals surface area contributed by atoms with Crippen LogP contribution in [0.3, 0.4) is 0 Å². The molecular formula is C16H25F3IN3S. The molecule has 0 saturated heterocycles. The van der Waals surface area contributed by atoms with Crippen molar-refractivity contribution in [3.8, 4) is 0 Å². The molecule has 1 N–H and O–H groups in total. The van der Waals surface area contributed by atoms with Crippen LogP contribution in [0, 0.1) is 0 Å². The highest BCUT2D eigenvalue weighted by molar-refractivity contribution is 14.0. The van der Waals surface area contributed by atoms with E-state index in [1.165, 1.54) is 12.1 Å².